The van der Waals surface area contributed by atoms with Crippen LogP contribution in [0.5, 0.6) is 0 Å². The van der Waals surface area contributed by atoms with Gasteiger partial charge in [-0.3, -0.25) is 0 Å². The number of benzene rings is 1. The zero-order valence-electron chi connectivity index (χ0n) is 9.90. The summed E-state index contributed by atoms with van der Waals surface area (Å²) in [5.74, 6) is 0.898. The summed E-state index contributed by atoms with van der Waals surface area (Å²) in [6.45, 7) is 0.647. The van der Waals surface area contributed by atoms with Gasteiger partial charge in [0.2, 0.25) is 0 Å². The average molecular weight is 251 g/mol. The van der Waals surface area contributed by atoms with Crippen LogP contribution in [0.4, 0.5) is 11.4 Å². The van der Waals surface area contributed by atoms with Crippen LogP contribution in [0, 0.1) is 0 Å². The maximum absolute atomic E-state index is 6.00. The first-order chi connectivity index (χ1) is 8.16. The first-order valence-corrected chi connectivity index (χ1v) is 5.78. The van der Waals surface area contributed by atoms with Crippen molar-refractivity contribution in [3.05, 3.63) is 47.4 Å². The molecule has 0 saturated heterocycles. The van der Waals surface area contributed by atoms with E-state index in [0.29, 0.717) is 6.54 Å². The predicted molar refractivity (Wildman–Crippen MR) is 71.8 cm³/mol. The lowest BCUT2D eigenvalue weighted by atomic mass is 10.2. The second kappa shape index (κ2) is 5.15. The van der Waals surface area contributed by atoms with Gasteiger partial charge in [0.15, 0.2) is 0 Å². The highest BCUT2D eigenvalue weighted by Crippen LogP contribution is 2.28. The molecule has 0 unspecified atom stereocenters. The maximum atomic E-state index is 6.00. The molecule has 3 nitrogen and oxygen atoms in total. The van der Waals surface area contributed by atoms with Gasteiger partial charge in [0.05, 0.1) is 24.2 Å². The van der Waals surface area contributed by atoms with E-state index in [1.807, 2.05) is 49.3 Å². The molecule has 2 aromatic rings. The normalized spacial score (nSPS) is 10.3. The molecule has 2 rings (SSSR count). The summed E-state index contributed by atoms with van der Waals surface area (Å²) < 4.78 is 5.28. The highest BCUT2D eigenvalue weighted by Gasteiger charge is 2.05. The average Bonchev–Trinajstić information content (AvgIpc) is 2.78. The van der Waals surface area contributed by atoms with Crippen molar-refractivity contribution in [1.82, 2.24) is 0 Å². The molecule has 0 aliphatic rings. The number of nitrogens with one attached hydrogen (secondary N) is 1. The van der Waals surface area contributed by atoms with Crippen LogP contribution in [0.15, 0.2) is 41.0 Å². The van der Waals surface area contributed by atoms with Crippen molar-refractivity contribution in [3.8, 4) is 0 Å². The minimum atomic E-state index is 0.647. The fourth-order valence-electron chi connectivity index (χ4n) is 1.64. The number of nitrogens with zero attached hydrogens (tertiary/aromatic N) is 1. The van der Waals surface area contributed by atoms with Crippen molar-refractivity contribution < 1.29 is 4.42 Å². The summed E-state index contributed by atoms with van der Waals surface area (Å²) in [6, 6.07) is 9.61. The van der Waals surface area contributed by atoms with E-state index in [2.05, 4.69) is 5.32 Å². The minimum Gasteiger partial charge on any atom is -0.467 e. The van der Waals surface area contributed by atoms with Crippen LogP contribution in [-0.2, 0) is 6.54 Å². The van der Waals surface area contributed by atoms with E-state index in [1.54, 1.807) is 6.26 Å². The molecule has 0 bridgehead atoms. The predicted octanol–water partition coefficient (Wildman–Crippen LogP) is 3.61. The third kappa shape index (κ3) is 2.94. The highest BCUT2D eigenvalue weighted by atomic mass is 35.5. The van der Waals surface area contributed by atoms with Gasteiger partial charge in [-0.2, -0.15) is 0 Å². The third-order valence-corrected chi connectivity index (χ3v) is 2.71. The molecular formula is C13H15ClN2O. The molecule has 1 heterocycles. The van der Waals surface area contributed by atoms with Crippen molar-refractivity contribution in [2.24, 2.45) is 0 Å². The van der Waals surface area contributed by atoms with E-state index in [-0.39, 0.29) is 0 Å². The fourth-order valence-corrected chi connectivity index (χ4v) is 1.81. The van der Waals surface area contributed by atoms with E-state index in [0.717, 1.165) is 22.2 Å². The molecule has 4 heteroatoms. The molecule has 17 heavy (non-hydrogen) atoms. The quantitative estimate of drug-likeness (QED) is 0.899. The van der Waals surface area contributed by atoms with Crippen LogP contribution in [0.2, 0.25) is 5.02 Å². The molecule has 1 aromatic carbocycles. The second-order valence-corrected chi connectivity index (χ2v) is 4.43. The van der Waals surface area contributed by atoms with Gasteiger partial charge in [0.1, 0.15) is 5.76 Å². The fraction of sp³-hybridized carbons (Fsp3) is 0.231. The maximum Gasteiger partial charge on any atom is 0.122 e. The van der Waals surface area contributed by atoms with Crippen molar-refractivity contribution in [1.29, 1.82) is 0 Å². The summed E-state index contributed by atoms with van der Waals surface area (Å²) in [5.41, 5.74) is 2.10. The van der Waals surface area contributed by atoms with Crippen molar-refractivity contribution in [2.75, 3.05) is 24.3 Å². The number of hydrogen-bond acceptors (Lipinski definition) is 3. The Hall–Kier alpha value is -1.61. The molecule has 0 aliphatic heterocycles. The van der Waals surface area contributed by atoms with Crippen LogP contribution < -0.4 is 10.2 Å². The summed E-state index contributed by atoms with van der Waals surface area (Å²) in [7, 11) is 4.00. The van der Waals surface area contributed by atoms with Crippen molar-refractivity contribution in [3.63, 3.8) is 0 Å². The Morgan fingerprint density at radius 2 is 2.12 bits per heavy atom. The van der Waals surface area contributed by atoms with Crippen LogP contribution in [0.1, 0.15) is 5.76 Å². The first kappa shape index (κ1) is 11.9. The Morgan fingerprint density at radius 1 is 1.29 bits per heavy atom. The van der Waals surface area contributed by atoms with E-state index in [1.165, 1.54) is 0 Å². The number of furan rings is 1. The molecule has 90 valence electrons. The van der Waals surface area contributed by atoms with Crippen LogP contribution in [0.25, 0.3) is 0 Å². The van der Waals surface area contributed by atoms with Gasteiger partial charge < -0.3 is 14.6 Å². The lowest BCUT2D eigenvalue weighted by molar-refractivity contribution is 0.518. The molecule has 0 atom stereocenters. The Balaban J connectivity index is 2.16. The van der Waals surface area contributed by atoms with Gasteiger partial charge in [-0.15, -0.1) is 0 Å². The van der Waals surface area contributed by atoms with Gasteiger partial charge in [-0.1, -0.05) is 11.6 Å². The SMILES string of the molecule is CN(C)c1ccc(Cl)cc1NCc1ccco1. The summed E-state index contributed by atoms with van der Waals surface area (Å²) in [5, 5.41) is 4.04. The second-order valence-electron chi connectivity index (χ2n) is 3.99. The Labute approximate surface area is 106 Å². The van der Waals surface area contributed by atoms with Gasteiger partial charge in [0.25, 0.3) is 0 Å². The molecule has 0 saturated carbocycles. The summed E-state index contributed by atoms with van der Waals surface area (Å²) in [4.78, 5) is 2.04. The summed E-state index contributed by atoms with van der Waals surface area (Å²) >= 11 is 6.00. The highest BCUT2D eigenvalue weighted by molar-refractivity contribution is 6.31. The lowest BCUT2D eigenvalue weighted by Crippen LogP contribution is -2.12. The van der Waals surface area contributed by atoms with E-state index >= 15 is 0 Å². The molecule has 0 amide bonds. The number of anilines is 2. The van der Waals surface area contributed by atoms with Crippen LogP contribution >= 0.6 is 11.6 Å². The minimum absolute atomic E-state index is 0.647. The third-order valence-electron chi connectivity index (χ3n) is 2.47. The van der Waals surface area contributed by atoms with E-state index in [4.69, 9.17) is 16.0 Å². The number of hydrogen-bond donors (Lipinski definition) is 1. The van der Waals surface area contributed by atoms with Gasteiger partial charge >= 0.3 is 0 Å². The summed E-state index contributed by atoms with van der Waals surface area (Å²) in [6.07, 6.45) is 1.67. The molecule has 0 aliphatic carbocycles. The molecular weight excluding hydrogens is 236 g/mol. The van der Waals surface area contributed by atoms with Gasteiger partial charge in [0, 0.05) is 19.1 Å². The van der Waals surface area contributed by atoms with E-state index < -0.39 is 0 Å². The first-order valence-electron chi connectivity index (χ1n) is 5.40. The molecule has 1 N–H and O–H groups in total. The largest absolute Gasteiger partial charge is 0.467 e. The van der Waals surface area contributed by atoms with Crippen molar-refractivity contribution in [2.45, 2.75) is 6.54 Å². The zero-order valence-corrected chi connectivity index (χ0v) is 10.7. The number of rotatable bonds is 4. The standard InChI is InChI=1S/C13H15ClN2O/c1-16(2)13-6-5-10(14)8-12(13)15-9-11-4-3-7-17-11/h3-8,15H,9H2,1-2H3. The van der Waals surface area contributed by atoms with E-state index in [9.17, 15) is 0 Å². The molecule has 1 aromatic heterocycles. The Bertz CT molecular complexity index is 480. The Kier molecular flexibility index (Phi) is 3.59. The smallest absolute Gasteiger partial charge is 0.122 e. The zero-order chi connectivity index (χ0) is 12.3. The Morgan fingerprint density at radius 3 is 2.76 bits per heavy atom. The van der Waals surface area contributed by atoms with Crippen LogP contribution in [0.3, 0.4) is 0 Å². The number of halogens is 1. The molecule has 0 radical (unpaired) electrons. The lowest BCUT2D eigenvalue weighted by Gasteiger charge is -2.18. The monoisotopic (exact) mass is 250 g/mol. The van der Waals surface area contributed by atoms with Gasteiger partial charge in [-0.25, -0.2) is 0 Å². The van der Waals surface area contributed by atoms with Crippen molar-refractivity contribution >= 4 is 23.0 Å². The van der Waals surface area contributed by atoms with Gasteiger partial charge in [-0.05, 0) is 30.3 Å². The topological polar surface area (TPSA) is 28.4 Å². The molecule has 0 spiro atoms. The van der Waals surface area contributed by atoms with Crippen LogP contribution in [-0.4, -0.2) is 14.1 Å². The molecule has 0 fully saturated rings.